The summed E-state index contributed by atoms with van der Waals surface area (Å²) in [5, 5.41) is 2.25. The summed E-state index contributed by atoms with van der Waals surface area (Å²) in [5.41, 5.74) is -0.723. The van der Waals surface area contributed by atoms with Crippen molar-refractivity contribution < 1.29 is 18.0 Å². The van der Waals surface area contributed by atoms with Crippen LogP contribution in [0.25, 0.3) is 0 Å². The first kappa shape index (κ1) is 17.1. The topological polar surface area (TPSA) is 32.3 Å². The van der Waals surface area contributed by atoms with Crippen LogP contribution in [0.1, 0.15) is 12.5 Å². The molecule has 122 valence electrons. The van der Waals surface area contributed by atoms with E-state index in [4.69, 9.17) is 11.6 Å². The van der Waals surface area contributed by atoms with E-state index in [9.17, 15) is 18.0 Å². The van der Waals surface area contributed by atoms with Crippen LogP contribution < -0.4 is 10.2 Å². The fraction of sp³-hybridized carbons (Fsp3) is 0.188. The van der Waals surface area contributed by atoms with Gasteiger partial charge in [-0.3, -0.25) is 4.90 Å². The summed E-state index contributed by atoms with van der Waals surface area (Å²) in [6.45, 7) is 2.05. The Kier molecular flexibility index (Phi) is 5.15. The number of hydrogen-bond donors (Lipinski definition) is 1. The molecule has 2 aromatic rings. The number of carbonyl (C=O) groups is 1. The lowest BCUT2D eigenvalue weighted by atomic mass is 10.1. The summed E-state index contributed by atoms with van der Waals surface area (Å²) >= 11 is 5.62. The maximum Gasteiger partial charge on any atom is 0.418 e. The minimum absolute atomic E-state index is 0.0502. The van der Waals surface area contributed by atoms with E-state index >= 15 is 0 Å². The van der Waals surface area contributed by atoms with E-state index in [2.05, 4.69) is 5.32 Å². The van der Waals surface area contributed by atoms with E-state index in [-0.39, 0.29) is 10.7 Å². The zero-order valence-electron chi connectivity index (χ0n) is 12.2. The van der Waals surface area contributed by atoms with Gasteiger partial charge in [0.1, 0.15) is 0 Å². The largest absolute Gasteiger partial charge is 0.418 e. The molecule has 0 saturated heterocycles. The number of carbonyl (C=O) groups excluding carboxylic acids is 1. The molecule has 0 fully saturated rings. The SMILES string of the molecule is CCN(C(=O)Nc1ccc(Cl)cc1C(F)(F)F)c1ccccc1. The fourth-order valence-corrected chi connectivity index (χ4v) is 2.27. The van der Waals surface area contributed by atoms with Gasteiger partial charge in [0.2, 0.25) is 0 Å². The molecule has 0 spiro atoms. The number of amides is 2. The van der Waals surface area contributed by atoms with Crippen LogP contribution in [0, 0.1) is 0 Å². The Morgan fingerprint density at radius 1 is 1.17 bits per heavy atom. The number of hydrogen-bond acceptors (Lipinski definition) is 1. The van der Waals surface area contributed by atoms with Gasteiger partial charge in [-0.05, 0) is 37.3 Å². The Morgan fingerprint density at radius 2 is 1.83 bits per heavy atom. The Bertz CT molecular complexity index is 689. The van der Waals surface area contributed by atoms with Crippen LogP contribution in [0.5, 0.6) is 0 Å². The summed E-state index contributed by atoms with van der Waals surface area (Å²) < 4.78 is 39.2. The number of nitrogens with zero attached hydrogens (tertiary/aromatic N) is 1. The number of para-hydroxylation sites is 1. The summed E-state index contributed by atoms with van der Waals surface area (Å²) in [6, 6.07) is 11.3. The second-order valence-corrected chi connectivity index (χ2v) is 5.13. The summed E-state index contributed by atoms with van der Waals surface area (Å²) in [4.78, 5) is 13.7. The molecule has 0 atom stereocenters. The average molecular weight is 343 g/mol. The maximum absolute atomic E-state index is 13.1. The Labute approximate surface area is 136 Å². The number of anilines is 2. The van der Waals surface area contributed by atoms with Crippen molar-refractivity contribution in [1.82, 2.24) is 0 Å². The van der Waals surface area contributed by atoms with E-state index in [1.807, 2.05) is 0 Å². The van der Waals surface area contributed by atoms with Gasteiger partial charge in [-0.2, -0.15) is 13.2 Å². The van der Waals surface area contributed by atoms with Crippen molar-refractivity contribution in [3.63, 3.8) is 0 Å². The molecule has 2 amide bonds. The zero-order valence-corrected chi connectivity index (χ0v) is 12.9. The van der Waals surface area contributed by atoms with Gasteiger partial charge in [-0.15, -0.1) is 0 Å². The molecular weight excluding hydrogens is 329 g/mol. The van der Waals surface area contributed by atoms with Gasteiger partial charge >= 0.3 is 12.2 Å². The molecule has 0 aromatic heterocycles. The third-order valence-corrected chi connectivity index (χ3v) is 3.39. The van der Waals surface area contributed by atoms with Crippen molar-refractivity contribution in [2.75, 3.05) is 16.8 Å². The van der Waals surface area contributed by atoms with Crippen molar-refractivity contribution in [1.29, 1.82) is 0 Å². The molecule has 0 heterocycles. The molecular formula is C16H14ClF3N2O. The maximum atomic E-state index is 13.1. The van der Waals surface area contributed by atoms with Crippen LogP contribution in [0.2, 0.25) is 5.02 Å². The molecule has 0 radical (unpaired) electrons. The number of halogens is 4. The highest BCUT2D eigenvalue weighted by atomic mass is 35.5. The summed E-state index contributed by atoms with van der Waals surface area (Å²) in [5.74, 6) is 0. The third-order valence-electron chi connectivity index (χ3n) is 3.16. The Hall–Kier alpha value is -2.21. The molecule has 2 rings (SSSR count). The second kappa shape index (κ2) is 6.91. The minimum Gasteiger partial charge on any atom is -0.307 e. The van der Waals surface area contributed by atoms with Crippen LogP contribution in [0.15, 0.2) is 48.5 Å². The molecule has 0 unspecified atom stereocenters. The predicted molar refractivity (Wildman–Crippen MR) is 84.9 cm³/mol. The number of rotatable bonds is 3. The Morgan fingerprint density at radius 3 is 2.39 bits per heavy atom. The smallest absolute Gasteiger partial charge is 0.307 e. The first-order valence-electron chi connectivity index (χ1n) is 6.83. The normalized spacial score (nSPS) is 11.2. The molecule has 0 bridgehead atoms. The van der Waals surface area contributed by atoms with E-state index < -0.39 is 17.8 Å². The van der Waals surface area contributed by atoms with Gasteiger partial charge in [-0.1, -0.05) is 29.8 Å². The molecule has 0 aliphatic heterocycles. The second-order valence-electron chi connectivity index (χ2n) is 4.70. The first-order valence-corrected chi connectivity index (χ1v) is 7.21. The van der Waals surface area contributed by atoms with E-state index in [0.717, 1.165) is 12.1 Å². The highest BCUT2D eigenvalue weighted by Crippen LogP contribution is 2.36. The molecule has 2 aromatic carbocycles. The standard InChI is InChI=1S/C16H14ClF3N2O/c1-2-22(12-6-4-3-5-7-12)15(23)21-14-9-8-11(17)10-13(14)16(18,19)20/h3-10H,2H2,1H3,(H,21,23). The number of nitrogens with one attached hydrogen (secondary N) is 1. The first-order chi connectivity index (χ1) is 10.8. The van der Waals surface area contributed by atoms with Crippen molar-refractivity contribution in [2.24, 2.45) is 0 Å². The molecule has 0 aliphatic rings. The van der Waals surface area contributed by atoms with Crippen LogP contribution in [0.3, 0.4) is 0 Å². The molecule has 7 heteroatoms. The van der Waals surface area contributed by atoms with Crippen molar-refractivity contribution in [3.8, 4) is 0 Å². The van der Waals surface area contributed by atoms with Gasteiger partial charge in [0.05, 0.1) is 11.3 Å². The number of urea groups is 1. The molecule has 3 nitrogen and oxygen atoms in total. The van der Waals surface area contributed by atoms with Gasteiger partial charge in [0, 0.05) is 17.3 Å². The molecule has 23 heavy (non-hydrogen) atoms. The number of alkyl halides is 3. The van der Waals surface area contributed by atoms with Gasteiger partial charge < -0.3 is 5.32 Å². The fourth-order valence-electron chi connectivity index (χ4n) is 2.09. The van der Waals surface area contributed by atoms with Gasteiger partial charge in [0.15, 0.2) is 0 Å². The van der Waals surface area contributed by atoms with Crippen LogP contribution in [-0.4, -0.2) is 12.6 Å². The number of benzene rings is 2. The molecule has 0 saturated carbocycles. The molecule has 0 aliphatic carbocycles. The highest BCUT2D eigenvalue weighted by molar-refractivity contribution is 6.30. The van der Waals surface area contributed by atoms with Gasteiger partial charge in [-0.25, -0.2) is 4.79 Å². The van der Waals surface area contributed by atoms with Crippen molar-refractivity contribution in [2.45, 2.75) is 13.1 Å². The van der Waals surface area contributed by atoms with Crippen molar-refractivity contribution >= 4 is 29.0 Å². The molecule has 1 N–H and O–H groups in total. The minimum atomic E-state index is -4.61. The zero-order chi connectivity index (χ0) is 17.0. The lowest BCUT2D eigenvalue weighted by Gasteiger charge is -2.23. The average Bonchev–Trinajstić information content (AvgIpc) is 2.50. The van der Waals surface area contributed by atoms with Crippen LogP contribution in [0.4, 0.5) is 29.3 Å². The Balaban J connectivity index is 2.30. The lowest BCUT2D eigenvalue weighted by molar-refractivity contribution is -0.136. The summed E-state index contributed by atoms with van der Waals surface area (Å²) in [7, 11) is 0. The van der Waals surface area contributed by atoms with Gasteiger partial charge in [0.25, 0.3) is 0 Å². The quantitative estimate of drug-likeness (QED) is 0.794. The summed E-state index contributed by atoms with van der Waals surface area (Å²) in [6.07, 6.45) is -4.61. The monoisotopic (exact) mass is 342 g/mol. The highest BCUT2D eigenvalue weighted by Gasteiger charge is 2.34. The third kappa shape index (κ3) is 4.16. The van der Waals surface area contributed by atoms with Crippen LogP contribution in [-0.2, 0) is 6.18 Å². The van der Waals surface area contributed by atoms with Crippen molar-refractivity contribution in [3.05, 3.63) is 59.1 Å². The van der Waals surface area contributed by atoms with Crippen LogP contribution >= 0.6 is 11.6 Å². The van der Waals surface area contributed by atoms with E-state index in [0.29, 0.717) is 12.2 Å². The predicted octanol–water partition coefficient (Wildman–Crippen LogP) is 5.42. The van der Waals surface area contributed by atoms with E-state index in [1.54, 1.807) is 37.3 Å². The van der Waals surface area contributed by atoms with E-state index in [1.165, 1.54) is 11.0 Å². The lowest BCUT2D eigenvalue weighted by Crippen LogP contribution is -2.35.